The van der Waals surface area contributed by atoms with Crippen LogP contribution >= 0.6 is 11.6 Å². The zero-order valence-corrected chi connectivity index (χ0v) is 10.2. The Hall–Kier alpha value is -1.22. The molecule has 1 saturated carbocycles. The van der Waals surface area contributed by atoms with Crippen LogP contribution in [0.4, 0.5) is 0 Å². The van der Waals surface area contributed by atoms with Crippen LogP contribution in [0.15, 0.2) is 18.2 Å². The zero-order valence-electron chi connectivity index (χ0n) is 9.41. The van der Waals surface area contributed by atoms with Gasteiger partial charge in [-0.3, -0.25) is 4.79 Å². The lowest BCUT2D eigenvalue weighted by molar-refractivity contribution is -0.127. The van der Waals surface area contributed by atoms with E-state index >= 15 is 0 Å². The van der Waals surface area contributed by atoms with Crippen molar-refractivity contribution in [3.8, 4) is 5.75 Å². The van der Waals surface area contributed by atoms with Crippen LogP contribution in [0.1, 0.15) is 18.4 Å². The fraction of sp³-hybridized carbons (Fsp3) is 0.462. The van der Waals surface area contributed by atoms with Crippen molar-refractivity contribution in [3.63, 3.8) is 0 Å². The van der Waals surface area contributed by atoms with Gasteiger partial charge in [-0.2, -0.15) is 0 Å². The molecule has 3 rings (SSSR count). The van der Waals surface area contributed by atoms with Gasteiger partial charge in [0.25, 0.3) is 5.91 Å². The van der Waals surface area contributed by atoms with Gasteiger partial charge < -0.3 is 10.1 Å². The summed E-state index contributed by atoms with van der Waals surface area (Å²) in [7, 11) is 0. The Kier molecular flexibility index (Phi) is 2.71. The normalized spacial score (nSPS) is 21.8. The van der Waals surface area contributed by atoms with Gasteiger partial charge in [-0.15, -0.1) is 0 Å². The van der Waals surface area contributed by atoms with Gasteiger partial charge in [0, 0.05) is 18.0 Å². The van der Waals surface area contributed by atoms with Crippen LogP contribution in [0.2, 0.25) is 5.02 Å². The van der Waals surface area contributed by atoms with Gasteiger partial charge in [0.2, 0.25) is 0 Å². The van der Waals surface area contributed by atoms with E-state index in [1.165, 1.54) is 12.8 Å². The molecule has 1 N–H and O–H groups in total. The van der Waals surface area contributed by atoms with Gasteiger partial charge in [-0.25, -0.2) is 0 Å². The Morgan fingerprint density at radius 1 is 1.47 bits per heavy atom. The van der Waals surface area contributed by atoms with Crippen molar-refractivity contribution in [3.05, 3.63) is 28.8 Å². The predicted molar refractivity (Wildman–Crippen MR) is 65.3 cm³/mol. The number of fused-ring (bicyclic) bond motifs is 1. The molecule has 3 nitrogen and oxygen atoms in total. The van der Waals surface area contributed by atoms with Crippen molar-refractivity contribution in [1.82, 2.24) is 5.32 Å². The number of carbonyl (C=O) groups excluding carboxylic acids is 1. The van der Waals surface area contributed by atoms with Crippen molar-refractivity contribution in [2.45, 2.75) is 25.4 Å². The van der Waals surface area contributed by atoms with Crippen LogP contribution in [0.3, 0.4) is 0 Å². The predicted octanol–water partition coefficient (Wildman–Crippen LogP) is 2.17. The second-order valence-electron chi connectivity index (χ2n) is 4.75. The van der Waals surface area contributed by atoms with E-state index in [0.717, 1.165) is 17.9 Å². The van der Waals surface area contributed by atoms with E-state index in [1.54, 1.807) is 6.07 Å². The molecular formula is C13H14ClNO2. The second-order valence-corrected chi connectivity index (χ2v) is 5.19. The Morgan fingerprint density at radius 2 is 2.29 bits per heavy atom. The van der Waals surface area contributed by atoms with E-state index in [-0.39, 0.29) is 12.0 Å². The van der Waals surface area contributed by atoms with Gasteiger partial charge in [-0.05, 0) is 42.5 Å². The highest BCUT2D eigenvalue weighted by Crippen LogP contribution is 2.31. The summed E-state index contributed by atoms with van der Waals surface area (Å²) in [6.45, 7) is 0.787. The Morgan fingerprint density at radius 3 is 3.06 bits per heavy atom. The summed E-state index contributed by atoms with van der Waals surface area (Å²) >= 11 is 5.91. The first kappa shape index (κ1) is 10.9. The first-order chi connectivity index (χ1) is 8.22. The summed E-state index contributed by atoms with van der Waals surface area (Å²) in [6.07, 6.45) is 2.71. The van der Waals surface area contributed by atoms with Crippen molar-refractivity contribution >= 4 is 17.5 Å². The molecule has 1 atom stereocenters. The highest BCUT2D eigenvalue weighted by molar-refractivity contribution is 6.30. The fourth-order valence-corrected chi connectivity index (χ4v) is 2.24. The van der Waals surface area contributed by atoms with Crippen LogP contribution < -0.4 is 10.1 Å². The molecule has 4 heteroatoms. The summed E-state index contributed by atoms with van der Waals surface area (Å²) < 4.78 is 5.61. The maximum absolute atomic E-state index is 11.9. The number of benzene rings is 1. The molecule has 1 amide bonds. The van der Waals surface area contributed by atoms with E-state index in [2.05, 4.69) is 5.32 Å². The molecule has 2 aliphatic rings. The Balaban J connectivity index is 1.62. The van der Waals surface area contributed by atoms with E-state index < -0.39 is 0 Å². The summed E-state index contributed by atoms with van der Waals surface area (Å²) in [4.78, 5) is 11.9. The monoisotopic (exact) mass is 251 g/mol. The fourth-order valence-electron chi connectivity index (χ4n) is 2.04. The van der Waals surface area contributed by atoms with Gasteiger partial charge in [-0.1, -0.05) is 11.6 Å². The molecule has 0 unspecified atom stereocenters. The molecule has 90 valence electrons. The summed E-state index contributed by atoms with van der Waals surface area (Å²) in [5, 5.41) is 3.63. The van der Waals surface area contributed by atoms with E-state index in [0.29, 0.717) is 17.4 Å². The highest BCUT2D eigenvalue weighted by atomic mass is 35.5. The molecule has 0 saturated heterocycles. The van der Waals surface area contributed by atoms with Crippen LogP contribution in [0.25, 0.3) is 0 Å². The largest absolute Gasteiger partial charge is 0.480 e. The average Bonchev–Trinajstić information content (AvgIpc) is 3.04. The molecule has 1 aromatic rings. The van der Waals surface area contributed by atoms with Gasteiger partial charge in [0.1, 0.15) is 5.75 Å². The number of rotatable bonds is 3. The molecule has 0 bridgehead atoms. The van der Waals surface area contributed by atoms with E-state index in [9.17, 15) is 4.79 Å². The minimum atomic E-state index is -0.387. The number of halogens is 1. The van der Waals surface area contributed by atoms with Gasteiger partial charge in [0.15, 0.2) is 6.10 Å². The SMILES string of the molecule is O=C(NCC1CC1)[C@@H]1Cc2cc(Cl)ccc2O1. The average molecular weight is 252 g/mol. The van der Waals surface area contributed by atoms with Crippen LogP contribution in [-0.2, 0) is 11.2 Å². The molecule has 1 aliphatic carbocycles. The van der Waals surface area contributed by atoms with Crippen molar-refractivity contribution in [2.24, 2.45) is 5.92 Å². The number of carbonyl (C=O) groups is 1. The second kappa shape index (κ2) is 4.22. The van der Waals surface area contributed by atoms with Crippen molar-refractivity contribution in [2.75, 3.05) is 6.54 Å². The van der Waals surface area contributed by atoms with Crippen LogP contribution in [-0.4, -0.2) is 18.6 Å². The first-order valence-corrected chi connectivity index (χ1v) is 6.33. The van der Waals surface area contributed by atoms with Crippen molar-refractivity contribution < 1.29 is 9.53 Å². The molecule has 17 heavy (non-hydrogen) atoms. The third kappa shape index (κ3) is 2.39. The molecule has 1 aromatic carbocycles. The number of amides is 1. The highest BCUT2D eigenvalue weighted by Gasteiger charge is 2.30. The maximum atomic E-state index is 11.9. The van der Waals surface area contributed by atoms with Crippen molar-refractivity contribution in [1.29, 1.82) is 0 Å². The maximum Gasteiger partial charge on any atom is 0.261 e. The molecule has 1 fully saturated rings. The molecule has 0 spiro atoms. The lowest BCUT2D eigenvalue weighted by atomic mass is 10.1. The number of ether oxygens (including phenoxy) is 1. The number of hydrogen-bond donors (Lipinski definition) is 1. The third-order valence-electron chi connectivity index (χ3n) is 3.25. The van der Waals surface area contributed by atoms with Gasteiger partial charge in [0.05, 0.1) is 0 Å². The Bertz CT molecular complexity index is 457. The molecule has 1 aliphatic heterocycles. The molecule has 1 heterocycles. The summed E-state index contributed by atoms with van der Waals surface area (Å²) in [5.41, 5.74) is 1.02. The molecule has 0 radical (unpaired) electrons. The summed E-state index contributed by atoms with van der Waals surface area (Å²) in [6, 6.07) is 5.47. The molecular weight excluding hydrogens is 238 g/mol. The minimum absolute atomic E-state index is 0.00998. The topological polar surface area (TPSA) is 38.3 Å². The smallest absolute Gasteiger partial charge is 0.261 e. The zero-order chi connectivity index (χ0) is 11.8. The van der Waals surface area contributed by atoms with Gasteiger partial charge >= 0.3 is 0 Å². The Labute approximate surface area is 105 Å². The summed E-state index contributed by atoms with van der Waals surface area (Å²) in [5.74, 6) is 1.46. The van der Waals surface area contributed by atoms with Crippen LogP contribution in [0.5, 0.6) is 5.75 Å². The van der Waals surface area contributed by atoms with E-state index in [1.807, 2.05) is 12.1 Å². The van der Waals surface area contributed by atoms with E-state index in [4.69, 9.17) is 16.3 Å². The standard InChI is InChI=1S/C13H14ClNO2/c14-10-3-4-11-9(5-10)6-12(17-11)13(16)15-7-8-1-2-8/h3-5,8,12H,1-2,6-7H2,(H,15,16)/t12-/m0/s1. The lowest BCUT2D eigenvalue weighted by Gasteiger charge is -2.10. The van der Waals surface area contributed by atoms with Crippen LogP contribution in [0, 0.1) is 5.92 Å². The number of hydrogen-bond acceptors (Lipinski definition) is 2. The molecule has 0 aromatic heterocycles. The quantitative estimate of drug-likeness (QED) is 0.894. The third-order valence-corrected chi connectivity index (χ3v) is 3.49. The lowest BCUT2D eigenvalue weighted by Crippen LogP contribution is -2.38. The minimum Gasteiger partial charge on any atom is -0.480 e. The first-order valence-electron chi connectivity index (χ1n) is 5.95. The number of nitrogens with one attached hydrogen (secondary N) is 1.